The van der Waals surface area contributed by atoms with Crippen LogP contribution in [0.2, 0.25) is 0 Å². The molecule has 0 saturated heterocycles. The molecule has 7 heteroatoms. The Balaban J connectivity index is 2.31. The highest BCUT2D eigenvalue weighted by atomic mass is 32.2. The molecule has 150 valence electrons. The van der Waals surface area contributed by atoms with E-state index in [-0.39, 0.29) is 22.1 Å². The molecule has 0 spiro atoms. The third-order valence-corrected chi connectivity index (χ3v) is 6.58. The van der Waals surface area contributed by atoms with Crippen LogP contribution < -0.4 is 10.0 Å². The molecule has 1 aliphatic rings. The van der Waals surface area contributed by atoms with Crippen molar-refractivity contribution in [3.05, 3.63) is 29.3 Å². The van der Waals surface area contributed by atoms with Crippen LogP contribution >= 0.6 is 0 Å². The minimum atomic E-state index is -4.03. The van der Waals surface area contributed by atoms with Crippen molar-refractivity contribution in [1.82, 2.24) is 10.0 Å². The van der Waals surface area contributed by atoms with Crippen molar-refractivity contribution in [2.45, 2.75) is 76.7 Å². The Bertz CT molecular complexity index is 819. The van der Waals surface area contributed by atoms with E-state index < -0.39 is 22.0 Å². The number of hydrogen-bond acceptors (Lipinski definition) is 4. The number of carbonyl (C=O) groups excluding carboxylic acids is 2. The lowest BCUT2D eigenvalue weighted by molar-refractivity contribution is -0.128. The van der Waals surface area contributed by atoms with Gasteiger partial charge in [0.2, 0.25) is 5.91 Å². The van der Waals surface area contributed by atoms with Crippen LogP contribution in [0.1, 0.15) is 64.5 Å². The summed E-state index contributed by atoms with van der Waals surface area (Å²) in [7, 11) is -4.03. The van der Waals surface area contributed by atoms with Crippen molar-refractivity contribution in [2.24, 2.45) is 5.92 Å². The first-order chi connectivity index (χ1) is 12.4. The summed E-state index contributed by atoms with van der Waals surface area (Å²) >= 11 is 0. The Kier molecular flexibility index (Phi) is 6.35. The molecule has 0 aliphatic heterocycles. The summed E-state index contributed by atoms with van der Waals surface area (Å²) in [6.07, 6.45) is 3.56. The van der Waals surface area contributed by atoms with E-state index in [2.05, 4.69) is 10.0 Å². The smallest absolute Gasteiger partial charge is 0.264 e. The lowest BCUT2D eigenvalue weighted by Crippen LogP contribution is -2.51. The number of hydrogen-bond donors (Lipinski definition) is 2. The van der Waals surface area contributed by atoms with Gasteiger partial charge in [-0.3, -0.25) is 9.59 Å². The Morgan fingerprint density at radius 2 is 1.74 bits per heavy atom. The van der Waals surface area contributed by atoms with Gasteiger partial charge in [-0.05, 0) is 48.3 Å². The average molecular weight is 395 g/mol. The number of benzene rings is 1. The van der Waals surface area contributed by atoms with Gasteiger partial charge in [0.05, 0.1) is 4.90 Å². The number of nitrogens with one attached hydrogen (secondary N) is 2. The first-order valence-electron chi connectivity index (χ1n) is 9.37. The zero-order valence-corrected chi connectivity index (χ0v) is 17.6. The highest BCUT2D eigenvalue weighted by molar-refractivity contribution is 7.90. The molecule has 1 saturated carbocycles. The maximum absolute atomic E-state index is 12.9. The van der Waals surface area contributed by atoms with E-state index in [0.29, 0.717) is 5.56 Å². The van der Waals surface area contributed by atoms with Crippen LogP contribution in [0.25, 0.3) is 0 Å². The van der Waals surface area contributed by atoms with Gasteiger partial charge in [-0.15, -0.1) is 0 Å². The lowest BCUT2D eigenvalue weighted by atomic mass is 9.87. The summed E-state index contributed by atoms with van der Waals surface area (Å²) in [4.78, 5) is 24.4. The Morgan fingerprint density at radius 3 is 2.26 bits per heavy atom. The maximum Gasteiger partial charge on any atom is 0.264 e. The van der Waals surface area contributed by atoms with Crippen LogP contribution in [0, 0.1) is 12.8 Å². The summed E-state index contributed by atoms with van der Waals surface area (Å²) in [5.74, 6) is -1.05. The van der Waals surface area contributed by atoms with Crippen LogP contribution in [0.15, 0.2) is 23.1 Å². The average Bonchev–Trinajstić information content (AvgIpc) is 3.05. The van der Waals surface area contributed by atoms with Crippen molar-refractivity contribution in [3.8, 4) is 0 Å². The highest BCUT2D eigenvalue weighted by Gasteiger charge is 2.34. The molecule has 0 heterocycles. The van der Waals surface area contributed by atoms with Gasteiger partial charge >= 0.3 is 0 Å². The normalized spacial score (nSPS) is 16.8. The zero-order valence-electron chi connectivity index (χ0n) is 16.8. The predicted molar refractivity (Wildman–Crippen MR) is 105 cm³/mol. The molecule has 6 nitrogen and oxygen atoms in total. The van der Waals surface area contributed by atoms with Gasteiger partial charge in [0, 0.05) is 6.92 Å². The summed E-state index contributed by atoms with van der Waals surface area (Å²) in [6.45, 7) is 9.03. The molecule has 2 amide bonds. The second-order valence-electron chi connectivity index (χ2n) is 8.42. The molecule has 27 heavy (non-hydrogen) atoms. The van der Waals surface area contributed by atoms with E-state index in [1.54, 1.807) is 19.1 Å². The molecule has 1 aromatic rings. The number of sulfonamides is 1. The monoisotopic (exact) mass is 394 g/mol. The van der Waals surface area contributed by atoms with Crippen molar-refractivity contribution in [2.75, 3.05) is 0 Å². The molecular weight excluding hydrogens is 364 g/mol. The zero-order chi connectivity index (χ0) is 20.4. The molecule has 1 aliphatic carbocycles. The fraction of sp³-hybridized carbons (Fsp3) is 0.600. The van der Waals surface area contributed by atoms with Gasteiger partial charge in [-0.25, -0.2) is 13.1 Å². The van der Waals surface area contributed by atoms with Gasteiger partial charge < -0.3 is 5.32 Å². The first kappa shape index (κ1) is 21.4. The molecule has 1 fully saturated rings. The third kappa shape index (κ3) is 5.31. The fourth-order valence-corrected chi connectivity index (χ4v) is 4.79. The van der Waals surface area contributed by atoms with Crippen molar-refractivity contribution in [3.63, 3.8) is 0 Å². The van der Waals surface area contributed by atoms with E-state index in [1.165, 1.54) is 6.92 Å². The first-order valence-corrected chi connectivity index (χ1v) is 10.8. The molecule has 1 atom stereocenters. The second kappa shape index (κ2) is 8.00. The quantitative estimate of drug-likeness (QED) is 0.803. The molecule has 0 radical (unpaired) electrons. The summed E-state index contributed by atoms with van der Waals surface area (Å²) < 4.78 is 28.0. The van der Waals surface area contributed by atoms with Gasteiger partial charge in [0.15, 0.2) is 0 Å². The molecule has 0 aromatic heterocycles. The summed E-state index contributed by atoms with van der Waals surface area (Å²) in [5, 5.41) is 2.63. The molecule has 2 N–H and O–H groups in total. The Hall–Kier alpha value is -1.89. The maximum atomic E-state index is 12.9. The van der Waals surface area contributed by atoms with E-state index in [1.807, 2.05) is 26.8 Å². The van der Waals surface area contributed by atoms with Crippen LogP contribution in [-0.2, 0) is 25.0 Å². The summed E-state index contributed by atoms with van der Waals surface area (Å²) in [5.41, 5.74) is 1.22. The van der Waals surface area contributed by atoms with Gasteiger partial charge in [-0.1, -0.05) is 45.7 Å². The van der Waals surface area contributed by atoms with Gasteiger partial charge in [0.25, 0.3) is 15.9 Å². The largest absolute Gasteiger partial charge is 0.344 e. The van der Waals surface area contributed by atoms with E-state index in [4.69, 9.17) is 0 Å². The SMILES string of the molecule is CC(=O)NC(C(=O)NS(=O)(=O)c1cc(C(C)(C)C)ccc1C)C1CCCC1. The molecule has 1 aromatic carbocycles. The van der Waals surface area contributed by atoms with E-state index in [0.717, 1.165) is 31.2 Å². The van der Waals surface area contributed by atoms with Crippen molar-refractivity contribution < 1.29 is 18.0 Å². The lowest BCUT2D eigenvalue weighted by Gasteiger charge is -2.24. The van der Waals surface area contributed by atoms with Crippen LogP contribution in [0.3, 0.4) is 0 Å². The van der Waals surface area contributed by atoms with Crippen molar-refractivity contribution >= 4 is 21.8 Å². The molecule has 2 rings (SSSR count). The standard InChI is InChI=1S/C20H30N2O4S/c1-13-10-11-16(20(3,4)5)12-17(13)27(25,26)22-19(24)18(21-14(2)23)15-8-6-7-9-15/h10-12,15,18H,6-9H2,1-5H3,(H,21,23)(H,22,24). The third-order valence-electron chi connectivity index (χ3n) is 5.09. The predicted octanol–water partition coefficient (Wildman–Crippen LogP) is 2.79. The van der Waals surface area contributed by atoms with Crippen LogP contribution in [0.5, 0.6) is 0 Å². The fourth-order valence-electron chi connectivity index (χ4n) is 3.51. The number of carbonyl (C=O) groups is 2. The number of amides is 2. The van der Waals surface area contributed by atoms with Crippen LogP contribution in [-0.4, -0.2) is 26.3 Å². The van der Waals surface area contributed by atoms with Gasteiger partial charge in [-0.2, -0.15) is 0 Å². The van der Waals surface area contributed by atoms with Crippen molar-refractivity contribution in [1.29, 1.82) is 0 Å². The van der Waals surface area contributed by atoms with E-state index in [9.17, 15) is 18.0 Å². The number of aryl methyl sites for hydroxylation is 1. The second-order valence-corrected chi connectivity index (χ2v) is 10.1. The van der Waals surface area contributed by atoms with Crippen LogP contribution in [0.4, 0.5) is 0 Å². The molecule has 1 unspecified atom stereocenters. The Labute approximate surface area is 162 Å². The minimum Gasteiger partial charge on any atom is -0.344 e. The molecular formula is C20H30N2O4S. The Morgan fingerprint density at radius 1 is 1.15 bits per heavy atom. The molecule has 0 bridgehead atoms. The minimum absolute atomic E-state index is 0.0360. The van der Waals surface area contributed by atoms with E-state index >= 15 is 0 Å². The highest BCUT2D eigenvalue weighted by Crippen LogP contribution is 2.29. The topological polar surface area (TPSA) is 92.3 Å². The number of rotatable bonds is 5. The summed E-state index contributed by atoms with van der Waals surface area (Å²) in [6, 6.07) is 4.44. The van der Waals surface area contributed by atoms with Gasteiger partial charge in [0.1, 0.15) is 6.04 Å².